The Labute approximate surface area is 118 Å². The quantitative estimate of drug-likeness (QED) is 0.928. The van der Waals surface area contributed by atoms with Gasteiger partial charge in [-0.2, -0.15) is 0 Å². The number of nitrogens with two attached hydrogens (primary N) is 1. The van der Waals surface area contributed by atoms with Crippen LogP contribution in [0.3, 0.4) is 0 Å². The summed E-state index contributed by atoms with van der Waals surface area (Å²) in [5, 5.41) is 0. The second-order valence-corrected chi connectivity index (χ2v) is 5.56. The first-order chi connectivity index (χ1) is 7.69. The number of halogens is 2. The van der Waals surface area contributed by atoms with Gasteiger partial charge in [0.25, 0.3) is 0 Å². The number of nitrogens with zero attached hydrogens (tertiary/aromatic N) is 1. The molecule has 0 bridgehead atoms. The van der Waals surface area contributed by atoms with E-state index in [1.165, 1.54) is 28.6 Å². The van der Waals surface area contributed by atoms with Crippen LogP contribution in [0.25, 0.3) is 0 Å². The van der Waals surface area contributed by atoms with E-state index < -0.39 is 0 Å². The summed E-state index contributed by atoms with van der Waals surface area (Å²) in [7, 11) is 0. The van der Waals surface area contributed by atoms with Gasteiger partial charge in [0, 0.05) is 17.6 Å². The highest BCUT2D eigenvalue weighted by Crippen LogP contribution is 2.21. The Morgan fingerprint density at radius 1 is 1.47 bits per heavy atom. The summed E-state index contributed by atoms with van der Waals surface area (Å²) in [4.78, 5) is 2.50. The fourth-order valence-electron chi connectivity index (χ4n) is 2.31. The topological polar surface area (TPSA) is 29.3 Å². The van der Waals surface area contributed by atoms with Crippen LogP contribution < -0.4 is 5.73 Å². The van der Waals surface area contributed by atoms with E-state index in [9.17, 15) is 0 Å². The molecule has 1 saturated heterocycles. The number of hydrogen-bond donors (Lipinski definition) is 1. The summed E-state index contributed by atoms with van der Waals surface area (Å²) in [5.74, 6) is 0.705. The van der Waals surface area contributed by atoms with Crippen molar-refractivity contribution >= 4 is 28.3 Å². The summed E-state index contributed by atoms with van der Waals surface area (Å²) in [5.41, 5.74) is 8.41. The van der Waals surface area contributed by atoms with Crippen LogP contribution >= 0.6 is 28.3 Å². The Bertz CT molecular complexity index is 370. The van der Waals surface area contributed by atoms with Crippen molar-refractivity contribution in [2.24, 2.45) is 11.7 Å². The van der Waals surface area contributed by atoms with Crippen LogP contribution in [0.2, 0.25) is 0 Å². The first kappa shape index (κ1) is 15.0. The van der Waals surface area contributed by atoms with Crippen LogP contribution in [0.1, 0.15) is 17.5 Å². The Morgan fingerprint density at radius 2 is 2.24 bits per heavy atom. The lowest BCUT2D eigenvalue weighted by Crippen LogP contribution is -2.22. The van der Waals surface area contributed by atoms with E-state index in [2.05, 4.69) is 46.0 Å². The van der Waals surface area contributed by atoms with Crippen molar-refractivity contribution in [2.75, 3.05) is 19.6 Å². The van der Waals surface area contributed by atoms with Crippen molar-refractivity contribution in [3.05, 3.63) is 33.8 Å². The van der Waals surface area contributed by atoms with E-state index in [4.69, 9.17) is 5.73 Å². The zero-order valence-electron chi connectivity index (χ0n) is 10.2. The van der Waals surface area contributed by atoms with Crippen molar-refractivity contribution in [1.29, 1.82) is 0 Å². The van der Waals surface area contributed by atoms with Crippen molar-refractivity contribution in [3.63, 3.8) is 0 Å². The fourth-order valence-corrected chi connectivity index (χ4v) is 2.56. The zero-order valence-corrected chi connectivity index (χ0v) is 12.6. The molecule has 0 aliphatic carbocycles. The van der Waals surface area contributed by atoms with Gasteiger partial charge in [-0.1, -0.05) is 28.1 Å². The molecule has 0 amide bonds. The second kappa shape index (κ2) is 6.74. The highest BCUT2D eigenvalue weighted by Gasteiger charge is 2.20. The smallest absolute Gasteiger partial charge is 0.0233 e. The molecule has 2 rings (SSSR count). The summed E-state index contributed by atoms with van der Waals surface area (Å²) < 4.78 is 1.19. The number of likely N-dealkylation sites (tertiary alicyclic amines) is 1. The molecule has 96 valence electrons. The minimum absolute atomic E-state index is 0. The van der Waals surface area contributed by atoms with E-state index in [1.807, 2.05) is 0 Å². The minimum atomic E-state index is 0. The molecular weight excluding hydrogens is 300 g/mol. The molecule has 1 aliphatic rings. The van der Waals surface area contributed by atoms with E-state index in [0.29, 0.717) is 5.92 Å². The van der Waals surface area contributed by atoms with Gasteiger partial charge < -0.3 is 5.73 Å². The molecule has 17 heavy (non-hydrogen) atoms. The van der Waals surface area contributed by atoms with Crippen LogP contribution in [0.15, 0.2) is 22.7 Å². The average Bonchev–Trinajstić information content (AvgIpc) is 2.71. The van der Waals surface area contributed by atoms with E-state index in [1.54, 1.807) is 0 Å². The maximum Gasteiger partial charge on any atom is 0.0233 e. The molecule has 2 N–H and O–H groups in total. The fraction of sp³-hybridized carbons (Fsp3) is 0.538. The molecule has 0 saturated carbocycles. The van der Waals surface area contributed by atoms with Gasteiger partial charge in [-0.25, -0.2) is 0 Å². The summed E-state index contributed by atoms with van der Waals surface area (Å²) in [6, 6.07) is 6.61. The lowest BCUT2D eigenvalue weighted by atomic mass is 10.1. The van der Waals surface area contributed by atoms with Crippen LogP contribution in [0, 0.1) is 12.8 Å². The molecule has 4 heteroatoms. The van der Waals surface area contributed by atoms with E-state index in [-0.39, 0.29) is 12.4 Å². The molecule has 1 aliphatic heterocycles. The van der Waals surface area contributed by atoms with Crippen LogP contribution in [0.4, 0.5) is 0 Å². The number of benzene rings is 1. The Balaban J connectivity index is 0.00000144. The molecule has 1 fully saturated rings. The summed E-state index contributed by atoms with van der Waals surface area (Å²) in [6.07, 6.45) is 1.26. The molecule has 0 spiro atoms. The summed E-state index contributed by atoms with van der Waals surface area (Å²) in [6.45, 7) is 6.38. The number of aryl methyl sites for hydroxylation is 1. The molecule has 2 nitrogen and oxygen atoms in total. The molecule has 1 heterocycles. The first-order valence-corrected chi connectivity index (χ1v) is 6.66. The van der Waals surface area contributed by atoms with Gasteiger partial charge in [0.15, 0.2) is 0 Å². The molecule has 0 radical (unpaired) electrons. The van der Waals surface area contributed by atoms with Gasteiger partial charge in [0.1, 0.15) is 0 Å². The standard InChI is InChI=1S/C13H19BrN2.ClH/c1-10-6-11(2-3-13(10)14)8-16-5-4-12(7-15)9-16;/h2-3,6,12H,4-5,7-9,15H2,1H3;1H. The van der Waals surface area contributed by atoms with Gasteiger partial charge >= 0.3 is 0 Å². The minimum Gasteiger partial charge on any atom is -0.330 e. The first-order valence-electron chi connectivity index (χ1n) is 5.86. The molecular formula is C13H20BrClN2. The average molecular weight is 320 g/mol. The van der Waals surface area contributed by atoms with Crippen LogP contribution in [-0.4, -0.2) is 24.5 Å². The van der Waals surface area contributed by atoms with E-state index >= 15 is 0 Å². The number of hydrogen-bond acceptors (Lipinski definition) is 2. The Kier molecular flexibility index (Phi) is 5.93. The normalized spacial score (nSPS) is 20.3. The van der Waals surface area contributed by atoms with Crippen LogP contribution in [0.5, 0.6) is 0 Å². The predicted octanol–water partition coefficient (Wildman–Crippen LogP) is 2.96. The second-order valence-electron chi connectivity index (χ2n) is 4.71. The van der Waals surface area contributed by atoms with Gasteiger partial charge in [-0.05, 0) is 49.5 Å². The SMILES string of the molecule is Cc1cc(CN2CCC(CN)C2)ccc1Br.Cl. The van der Waals surface area contributed by atoms with Crippen molar-refractivity contribution < 1.29 is 0 Å². The molecule has 1 aromatic carbocycles. The molecule has 1 aromatic rings. The van der Waals surface area contributed by atoms with Gasteiger partial charge in [-0.15, -0.1) is 12.4 Å². The summed E-state index contributed by atoms with van der Waals surface area (Å²) >= 11 is 3.53. The third kappa shape index (κ3) is 3.95. The molecule has 1 unspecified atom stereocenters. The predicted molar refractivity (Wildman–Crippen MR) is 78.6 cm³/mol. The van der Waals surface area contributed by atoms with E-state index in [0.717, 1.165) is 19.6 Å². The van der Waals surface area contributed by atoms with Crippen molar-refractivity contribution in [3.8, 4) is 0 Å². The van der Waals surface area contributed by atoms with Crippen molar-refractivity contribution in [2.45, 2.75) is 19.9 Å². The largest absolute Gasteiger partial charge is 0.330 e. The highest BCUT2D eigenvalue weighted by molar-refractivity contribution is 9.10. The number of rotatable bonds is 3. The molecule has 1 atom stereocenters. The maximum atomic E-state index is 5.70. The third-order valence-electron chi connectivity index (χ3n) is 3.33. The van der Waals surface area contributed by atoms with Crippen molar-refractivity contribution in [1.82, 2.24) is 4.90 Å². The monoisotopic (exact) mass is 318 g/mol. The maximum absolute atomic E-state index is 5.70. The zero-order chi connectivity index (χ0) is 11.5. The Morgan fingerprint density at radius 3 is 2.82 bits per heavy atom. The van der Waals surface area contributed by atoms with Gasteiger partial charge in [-0.3, -0.25) is 4.90 Å². The van der Waals surface area contributed by atoms with Gasteiger partial charge in [0.2, 0.25) is 0 Å². The third-order valence-corrected chi connectivity index (χ3v) is 4.22. The molecule has 0 aromatic heterocycles. The Hall–Kier alpha value is -0.0900. The van der Waals surface area contributed by atoms with Crippen LogP contribution in [-0.2, 0) is 6.54 Å². The highest BCUT2D eigenvalue weighted by atomic mass is 79.9. The lowest BCUT2D eigenvalue weighted by molar-refractivity contribution is 0.318. The van der Waals surface area contributed by atoms with Gasteiger partial charge in [0.05, 0.1) is 0 Å². The lowest BCUT2D eigenvalue weighted by Gasteiger charge is -2.16.